The number of Topliss-reactive ketones (excluding diaryl/α,β-unsaturated/α-hetero) is 1. The van der Waals surface area contributed by atoms with Crippen molar-refractivity contribution < 1.29 is 24.2 Å². The standard InChI is InChI=1S/C30H31NO5/c1-18(2)17-36-25-11-7-9-22(16-25)28(32)26-27(21-8-6-10-24(15-21)35-5)31(30(34)29(26)33)23-13-12-19(3)20(4)14-23/h6-16,18,27,32H,17H2,1-5H3/b28-26+. The Morgan fingerprint density at radius 3 is 2.36 bits per heavy atom. The third-order valence-corrected chi connectivity index (χ3v) is 6.31. The van der Waals surface area contributed by atoms with Crippen LogP contribution in [0.2, 0.25) is 0 Å². The van der Waals surface area contributed by atoms with E-state index in [4.69, 9.17) is 9.47 Å². The van der Waals surface area contributed by atoms with Crippen LogP contribution in [0.3, 0.4) is 0 Å². The Bertz CT molecular complexity index is 1340. The van der Waals surface area contributed by atoms with Gasteiger partial charge in [-0.05, 0) is 72.9 Å². The molecular formula is C30H31NO5. The molecular weight excluding hydrogens is 454 g/mol. The number of benzene rings is 3. The molecule has 1 N–H and O–H groups in total. The van der Waals surface area contributed by atoms with E-state index in [1.807, 2.05) is 52.0 Å². The zero-order valence-electron chi connectivity index (χ0n) is 21.2. The van der Waals surface area contributed by atoms with Gasteiger partial charge in [-0.2, -0.15) is 0 Å². The fourth-order valence-corrected chi connectivity index (χ4v) is 4.25. The molecule has 1 unspecified atom stereocenters. The molecule has 1 saturated heterocycles. The minimum absolute atomic E-state index is 0.0208. The summed E-state index contributed by atoms with van der Waals surface area (Å²) >= 11 is 0. The van der Waals surface area contributed by atoms with E-state index < -0.39 is 17.7 Å². The van der Waals surface area contributed by atoms with Gasteiger partial charge in [-0.1, -0.05) is 44.2 Å². The molecule has 1 aliphatic rings. The van der Waals surface area contributed by atoms with Crippen LogP contribution in [0.1, 0.15) is 42.1 Å². The molecule has 6 nitrogen and oxygen atoms in total. The summed E-state index contributed by atoms with van der Waals surface area (Å²) in [5.41, 5.74) is 3.73. The van der Waals surface area contributed by atoms with E-state index in [1.54, 1.807) is 49.6 Å². The molecule has 0 bridgehead atoms. The first-order valence-electron chi connectivity index (χ1n) is 12.0. The maximum Gasteiger partial charge on any atom is 0.300 e. The van der Waals surface area contributed by atoms with Crippen LogP contribution in [0.15, 0.2) is 72.3 Å². The van der Waals surface area contributed by atoms with Crippen molar-refractivity contribution in [3.63, 3.8) is 0 Å². The first kappa shape index (κ1) is 25.0. The van der Waals surface area contributed by atoms with E-state index >= 15 is 0 Å². The van der Waals surface area contributed by atoms with Crippen molar-refractivity contribution >= 4 is 23.1 Å². The molecule has 1 heterocycles. The second-order valence-corrected chi connectivity index (χ2v) is 9.45. The quantitative estimate of drug-likeness (QED) is 0.253. The highest BCUT2D eigenvalue weighted by Crippen LogP contribution is 2.43. The average Bonchev–Trinajstić information content (AvgIpc) is 3.14. The third kappa shape index (κ3) is 4.85. The fourth-order valence-electron chi connectivity index (χ4n) is 4.25. The Morgan fingerprint density at radius 2 is 1.67 bits per heavy atom. The number of rotatable bonds is 7. The van der Waals surface area contributed by atoms with Gasteiger partial charge < -0.3 is 14.6 Å². The molecule has 3 aromatic rings. The van der Waals surface area contributed by atoms with Gasteiger partial charge in [-0.3, -0.25) is 14.5 Å². The number of aryl methyl sites for hydroxylation is 2. The SMILES string of the molecule is COc1cccc(C2/C(=C(\O)c3cccc(OCC(C)C)c3)C(=O)C(=O)N2c2ccc(C)c(C)c2)c1. The van der Waals surface area contributed by atoms with E-state index in [9.17, 15) is 14.7 Å². The van der Waals surface area contributed by atoms with Gasteiger partial charge in [0.15, 0.2) is 0 Å². The van der Waals surface area contributed by atoms with Crippen molar-refractivity contribution in [3.05, 3.63) is 94.6 Å². The van der Waals surface area contributed by atoms with Gasteiger partial charge in [0, 0.05) is 11.3 Å². The van der Waals surface area contributed by atoms with Gasteiger partial charge >= 0.3 is 0 Å². The van der Waals surface area contributed by atoms with Crippen LogP contribution < -0.4 is 14.4 Å². The second-order valence-electron chi connectivity index (χ2n) is 9.45. The molecule has 0 aromatic heterocycles. The number of carbonyl (C=O) groups is 2. The zero-order chi connectivity index (χ0) is 26.0. The van der Waals surface area contributed by atoms with Crippen molar-refractivity contribution in [1.29, 1.82) is 0 Å². The minimum Gasteiger partial charge on any atom is -0.507 e. The van der Waals surface area contributed by atoms with Crippen molar-refractivity contribution in [2.45, 2.75) is 33.7 Å². The number of carbonyl (C=O) groups excluding carboxylic acids is 2. The Kier molecular flexibility index (Phi) is 7.15. The molecule has 0 aliphatic carbocycles. The summed E-state index contributed by atoms with van der Waals surface area (Å²) in [6.07, 6.45) is 0. The van der Waals surface area contributed by atoms with Crippen LogP contribution in [0.25, 0.3) is 5.76 Å². The van der Waals surface area contributed by atoms with Crippen LogP contribution in [-0.4, -0.2) is 30.5 Å². The first-order chi connectivity index (χ1) is 17.2. The van der Waals surface area contributed by atoms with Crippen molar-refractivity contribution in [1.82, 2.24) is 0 Å². The van der Waals surface area contributed by atoms with Gasteiger partial charge in [-0.15, -0.1) is 0 Å². The van der Waals surface area contributed by atoms with Crippen molar-refractivity contribution in [3.8, 4) is 11.5 Å². The van der Waals surface area contributed by atoms with Gasteiger partial charge in [0.1, 0.15) is 17.3 Å². The maximum absolute atomic E-state index is 13.4. The molecule has 3 aromatic carbocycles. The minimum atomic E-state index is -0.831. The highest BCUT2D eigenvalue weighted by molar-refractivity contribution is 6.51. The molecule has 6 heteroatoms. The van der Waals surface area contributed by atoms with Crippen molar-refractivity contribution in [2.75, 3.05) is 18.6 Å². The average molecular weight is 486 g/mol. The summed E-state index contributed by atoms with van der Waals surface area (Å²) in [7, 11) is 1.56. The summed E-state index contributed by atoms with van der Waals surface area (Å²) in [5.74, 6) is -0.190. The summed E-state index contributed by atoms with van der Waals surface area (Å²) < 4.78 is 11.2. The van der Waals surface area contributed by atoms with E-state index in [0.717, 1.165) is 11.1 Å². The van der Waals surface area contributed by atoms with E-state index in [1.165, 1.54) is 4.90 Å². The Morgan fingerprint density at radius 1 is 0.944 bits per heavy atom. The summed E-state index contributed by atoms with van der Waals surface area (Å²) in [4.78, 5) is 28.3. The number of hydrogen-bond donors (Lipinski definition) is 1. The normalized spacial score (nSPS) is 17.1. The van der Waals surface area contributed by atoms with Crippen molar-refractivity contribution in [2.24, 2.45) is 5.92 Å². The number of aliphatic hydroxyl groups excluding tert-OH is 1. The van der Waals surface area contributed by atoms with Gasteiger partial charge in [0.25, 0.3) is 11.7 Å². The van der Waals surface area contributed by atoms with E-state index in [0.29, 0.717) is 40.8 Å². The molecule has 4 rings (SSSR count). The maximum atomic E-state index is 13.4. The van der Waals surface area contributed by atoms with Gasteiger partial charge in [0.05, 0.1) is 25.3 Å². The molecule has 1 amide bonds. The lowest BCUT2D eigenvalue weighted by molar-refractivity contribution is -0.132. The third-order valence-electron chi connectivity index (χ3n) is 6.31. The first-order valence-corrected chi connectivity index (χ1v) is 12.0. The summed E-state index contributed by atoms with van der Waals surface area (Å²) in [5, 5.41) is 11.4. The van der Waals surface area contributed by atoms with Gasteiger partial charge in [-0.25, -0.2) is 0 Å². The Labute approximate surface area is 211 Å². The van der Waals surface area contributed by atoms with Gasteiger partial charge in [0.2, 0.25) is 0 Å². The second kappa shape index (κ2) is 10.3. The molecule has 186 valence electrons. The number of aliphatic hydroxyl groups is 1. The predicted octanol–water partition coefficient (Wildman–Crippen LogP) is 5.97. The highest BCUT2D eigenvalue weighted by atomic mass is 16.5. The lowest BCUT2D eigenvalue weighted by Gasteiger charge is -2.26. The number of methoxy groups -OCH3 is 1. The van der Waals surface area contributed by atoms with Crippen LogP contribution in [-0.2, 0) is 9.59 Å². The zero-order valence-corrected chi connectivity index (χ0v) is 21.2. The van der Waals surface area contributed by atoms with Crippen LogP contribution in [0.5, 0.6) is 11.5 Å². The predicted molar refractivity (Wildman–Crippen MR) is 140 cm³/mol. The molecule has 1 aliphatic heterocycles. The molecule has 0 radical (unpaired) electrons. The van der Waals surface area contributed by atoms with E-state index in [2.05, 4.69) is 0 Å². The number of ether oxygens (including phenoxy) is 2. The lowest BCUT2D eigenvalue weighted by atomic mass is 9.94. The lowest BCUT2D eigenvalue weighted by Crippen LogP contribution is -2.29. The topological polar surface area (TPSA) is 76.1 Å². The Balaban J connectivity index is 1.89. The number of anilines is 1. The Hall–Kier alpha value is -4.06. The number of amides is 1. The number of hydrogen-bond acceptors (Lipinski definition) is 5. The highest BCUT2D eigenvalue weighted by Gasteiger charge is 2.47. The van der Waals surface area contributed by atoms with Crippen LogP contribution in [0, 0.1) is 19.8 Å². The summed E-state index contributed by atoms with van der Waals surface area (Å²) in [6.45, 7) is 8.56. The largest absolute Gasteiger partial charge is 0.507 e. The molecule has 0 spiro atoms. The summed E-state index contributed by atoms with van der Waals surface area (Å²) in [6, 6.07) is 18.9. The van der Waals surface area contributed by atoms with Crippen LogP contribution >= 0.6 is 0 Å². The molecule has 1 fully saturated rings. The molecule has 36 heavy (non-hydrogen) atoms. The molecule has 1 atom stereocenters. The molecule has 0 saturated carbocycles. The monoisotopic (exact) mass is 485 g/mol. The van der Waals surface area contributed by atoms with E-state index in [-0.39, 0.29) is 11.3 Å². The fraction of sp³-hybridized carbons (Fsp3) is 0.267. The number of ketones is 1. The number of nitrogens with zero attached hydrogens (tertiary/aromatic N) is 1. The van der Waals surface area contributed by atoms with Crippen LogP contribution in [0.4, 0.5) is 5.69 Å². The smallest absolute Gasteiger partial charge is 0.300 e.